The van der Waals surface area contributed by atoms with Gasteiger partial charge in [-0.15, -0.1) is 0 Å². The van der Waals surface area contributed by atoms with Crippen molar-refractivity contribution in [1.29, 1.82) is 0 Å². The van der Waals surface area contributed by atoms with Gasteiger partial charge in [0.15, 0.2) is 5.82 Å². The maximum absolute atomic E-state index is 5.70. The second kappa shape index (κ2) is 5.42. The Morgan fingerprint density at radius 1 is 1.29 bits per heavy atom. The van der Waals surface area contributed by atoms with Crippen LogP contribution in [0.4, 0.5) is 5.82 Å². The summed E-state index contributed by atoms with van der Waals surface area (Å²) in [5.74, 6) is 0.965. The highest BCUT2D eigenvalue weighted by Gasteiger charge is 2.22. The quantitative estimate of drug-likeness (QED) is 0.825. The van der Waals surface area contributed by atoms with Crippen molar-refractivity contribution in [3.05, 3.63) is 18.1 Å². The molecule has 1 aliphatic rings. The molecular formula is C12H21N5. The minimum atomic E-state index is 0.455. The maximum atomic E-state index is 5.70. The molecular weight excluding hydrogens is 214 g/mol. The highest BCUT2D eigenvalue weighted by atomic mass is 15.2. The van der Waals surface area contributed by atoms with Gasteiger partial charge in [-0.05, 0) is 26.9 Å². The Kier molecular flexibility index (Phi) is 3.91. The Morgan fingerprint density at radius 2 is 1.94 bits per heavy atom. The molecule has 0 amide bonds. The van der Waals surface area contributed by atoms with Gasteiger partial charge in [-0.2, -0.15) is 0 Å². The lowest BCUT2D eigenvalue weighted by Gasteiger charge is -2.36. The van der Waals surface area contributed by atoms with Crippen LogP contribution < -0.4 is 10.6 Å². The standard InChI is InChI=1S/C12H21N5/c1-16(2)10-3-7-17(8-4-10)12-11(9-13)14-5-6-15-12/h5-6,10H,3-4,7-9,13H2,1-2H3. The second-order valence-corrected chi connectivity index (χ2v) is 4.71. The normalized spacial score (nSPS) is 17.8. The molecule has 0 bridgehead atoms. The van der Waals surface area contributed by atoms with Crippen LogP contribution in [0.15, 0.2) is 12.4 Å². The fraction of sp³-hybridized carbons (Fsp3) is 0.667. The van der Waals surface area contributed by atoms with E-state index in [0.29, 0.717) is 12.6 Å². The maximum Gasteiger partial charge on any atom is 0.151 e. The smallest absolute Gasteiger partial charge is 0.151 e. The van der Waals surface area contributed by atoms with E-state index in [4.69, 9.17) is 5.73 Å². The summed E-state index contributed by atoms with van der Waals surface area (Å²) in [6.45, 7) is 2.53. The van der Waals surface area contributed by atoms with Gasteiger partial charge < -0.3 is 15.5 Å². The van der Waals surface area contributed by atoms with E-state index in [1.54, 1.807) is 12.4 Å². The van der Waals surface area contributed by atoms with Gasteiger partial charge in [-0.1, -0.05) is 0 Å². The van der Waals surface area contributed by atoms with Crippen LogP contribution in [0, 0.1) is 0 Å². The Morgan fingerprint density at radius 3 is 2.53 bits per heavy atom. The first-order valence-electron chi connectivity index (χ1n) is 6.13. The zero-order valence-corrected chi connectivity index (χ0v) is 10.6. The van der Waals surface area contributed by atoms with Crippen molar-refractivity contribution in [3.63, 3.8) is 0 Å². The summed E-state index contributed by atoms with van der Waals surface area (Å²) >= 11 is 0. The van der Waals surface area contributed by atoms with Crippen molar-refractivity contribution in [2.24, 2.45) is 5.73 Å². The molecule has 17 heavy (non-hydrogen) atoms. The Bertz CT molecular complexity index is 358. The summed E-state index contributed by atoms with van der Waals surface area (Å²) in [7, 11) is 4.29. The minimum Gasteiger partial charge on any atom is -0.355 e. The van der Waals surface area contributed by atoms with Crippen LogP contribution in [-0.4, -0.2) is 48.1 Å². The van der Waals surface area contributed by atoms with Gasteiger partial charge in [0.05, 0.1) is 5.69 Å². The lowest BCUT2D eigenvalue weighted by molar-refractivity contribution is 0.249. The summed E-state index contributed by atoms with van der Waals surface area (Å²) in [6, 6.07) is 0.684. The lowest BCUT2D eigenvalue weighted by Crippen LogP contribution is -2.42. The molecule has 94 valence electrons. The molecule has 2 heterocycles. The molecule has 1 aliphatic heterocycles. The molecule has 5 heteroatoms. The van der Waals surface area contributed by atoms with E-state index < -0.39 is 0 Å². The van der Waals surface area contributed by atoms with E-state index in [1.165, 1.54) is 12.8 Å². The largest absolute Gasteiger partial charge is 0.355 e. The van der Waals surface area contributed by atoms with E-state index in [2.05, 4.69) is 33.9 Å². The average Bonchev–Trinajstić information content (AvgIpc) is 2.39. The monoisotopic (exact) mass is 235 g/mol. The van der Waals surface area contributed by atoms with Gasteiger partial charge in [0.2, 0.25) is 0 Å². The van der Waals surface area contributed by atoms with E-state index in [1.807, 2.05) is 0 Å². The third kappa shape index (κ3) is 2.73. The van der Waals surface area contributed by atoms with Gasteiger partial charge in [-0.25, -0.2) is 4.98 Å². The van der Waals surface area contributed by atoms with E-state index in [0.717, 1.165) is 24.6 Å². The van der Waals surface area contributed by atoms with E-state index in [-0.39, 0.29) is 0 Å². The van der Waals surface area contributed by atoms with E-state index >= 15 is 0 Å². The van der Waals surface area contributed by atoms with Crippen LogP contribution in [-0.2, 0) is 6.54 Å². The van der Waals surface area contributed by atoms with Gasteiger partial charge in [0.1, 0.15) is 0 Å². The first kappa shape index (κ1) is 12.3. The van der Waals surface area contributed by atoms with E-state index in [9.17, 15) is 0 Å². The fourth-order valence-electron chi connectivity index (χ4n) is 2.36. The molecule has 5 nitrogen and oxygen atoms in total. The third-order valence-corrected chi connectivity index (χ3v) is 3.44. The molecule has 2 N–H and O–H groups in total. The second-order valence-electron chi connectivity index (χ2n) is 4.71. The molecule has 0 saturated carbocycles. The Hall–Kier alpha value is -1.20. The van der Waals surface area contributed by atoms with Crippen LogP contribution in [0.25, 0.3) is 0 Å². The molecule has 1 fully saturated rings. The summed E-state index contributed by atoms with van der Waals surface area (Å²) in [5, 5.41) is 0. The number of hydrogen-bond acceptors (Lipinski definition) is 5. The molecule has 1 aromatic heterocycles. The molecule has 0 radical (unpaired) electrons. The topological polar surface area (TPSA) is 58.3 Å². The number of anilines is 1. The summed E-state index contributed by atoms with van der Waals surface area (Å²) < 4.78 is 0. The van der Waals surface area contributed by atoms with Crippen molar-refractivity contribution in [1.82, 2.24) is 14.9 Å². The van der Waals surface area contributed by atoms with Crippen molar-refractivity contribution < 1.29 is 0 Å². The van der Waals surface area contributed by atoms with Gasteiger partial charge in [0, 0.05) is 38.1 Å². The molecule has 1 aromatic rings. The van der Waals surface area contributed by atoms with Gasteiger partial charge in [-0.3, -0.25) is 4.98 Å². The number of piperidine rings is 1. The summed E-state index contributed by atoms with van der Waals surface area (Å²) in [4.78, 5) is 13.3. The summed E-state index contributed by atoms with van der Waals surface area (Å²) in [6.07, 6.45) is 5.80. The van der Waals surface area contributed by atoms with Gasteiger partial charge in [0.25, 0.3) is 0 Å². The van der Waals surface area contributed by atoms with Crippen molar-refractivity contribution in [2.45, 2.75) is 25.4 Å². The highest BCUT2D eigenvalue weighted by molar-refractivity contribution is 5.43. The minimum absolute atomic E-state index is 0.455. The predicted octanol–water partition coefficient (Wildman–Crippen LogP) is 0.466. The van der Waals surface area contributed by atoms with Gasteiger partial charge >= 0.3 is 0 Å². The number of aromatic nitrogens is 2. The highest BCUT2D eigenvalue weighted by Crippen LogP contribution is 2.21. The molecule has 0 unspecified atom stereocenters. The Balaban J connectivity index is 2.05. The molecule has 0 atom stereocenters. The Labute approximate surface area is 103 Å². The molecule has 0 spiro atoms. The third-order valence-electron chi connectivity index (χ3n) is 3.44. The van der Waals surface area contributed by atoms with Crippen molar-refractivity contribution >= 4 is 5.82 Å². The first-order chi connectivity index (χ1) is 8.22. The first-order valence-corrected chi connectivity index (χ1v) is 6.13. The molecule has 1 saturated heterocycles. The fourth-order valence-corrected chi connectivity index (χ4v) is 2.36. The zero-order chi connectivity index (χ0) is 12.3. The van der Waals surface area contributed by atoms with Crippen LogP contribution in [0.3, 0.4) is 0 Å². The van der Waals surface area contributed by atoms with Crippen LogP contribution in [0.1, 0.15) is 18.5 Å². The average molecular weight is 235 g/mol. The molecule has 0 aromatic carbocycles. The van der Waals surface area contributed by atoms with Crippen molar-refractivity contribution in [2.75, 3.05) is 32.1 Å². The number of nitrogens with two attached hydrogens (primary N) is 1. The van der Waals surface area contributed by atoms with Crippen LogP contribution >= 0.6 is 0 Å². The van der Waals surface area contributed by atoms with Crippen LogP contribution in [0.5, 0.6) is 0 Å². The number of nitrogens with zero attached hydrogens (tertiary/aromatic N) is 4. The zero-order valence-electron chi connectivity index (χ0n) is 10.6. The number of rotatable bonds is 3. The molecule has 0 aliphatic carbocycles. The predicted molar refractivity (Wildman–Crippen MR) is 68.8 cm³/mol. The number of hydrogen-bond donors (Lipinski definition) is 1. The molecule has 2 rings (SSSR count). The lowest BCUT2D eigenvalue weighted by atomic mass is 10.0. The van der Waals surface area contributed by atoms with Crippen molar-refractivity contribution in [3.8, 4) is 0 Å². The SMILES string of the molecule is CN(C)C1CCN(c2nccnc2CN)CC1. The summed E-state index contributed by atoms with van der Waals surface area (Å²) in [5.41, 5.74) is 6.59. The van der Waals surface area contributed by atoms with Crippen LogP contribution in [0.2, 0.25) is 0 Å².